The summed E-state index contributed by atoms with van der Waals surface area (Å²) in [5.74, 6) is 0.0282. The number of pyridine rings is 1. The first-order valence-corrected chi connectivity index (χ1v) is 13.9. The number of nitrogens with one attached hydrogen (secondary N) is 2. The molecule has 1 aromatic carbocycles. The van der Waals surface area contributed by atoms with Gasteiger partial charge in [0.25, 0.3) is 11.8 Å². The summed E-state index contributed by atoms with van der Waals surface area (Å²) in [6.07, 6.45) is 4.53. The van der Waals surface area contributed by atoms with Crippen molar-refractivity contribution < 1.29 is 18.0 Å². The minimum atomic E-state index is -3.10. The molecule has 3 aromatic rings. The molecule has 0 unspecified atom stereocenters. The first-order valence-electron chi connectivity index (χ1n) is 12.1. The predicted octanol–water partition coefficient (Wildman–Crippen LogP) is 3.12. The Bertz CT molecular complexity index is 1470. The summed E-state index contributed by atoms with van der Waals surface area (Å²) in [6, 6.07) is 8.72. The lowest BCUT2D eigenvalue weighted by molar-refractivity contribution is 0.0949. The number of carbonyl (C=O) groups is 2. The number of aromatic nitrogens is 3. The Morgan fingerprint density at radius 1 is 1.06 bits per heavy atom. The highest BCUT2D eigenvalue weighted by molar-refractivity contribution is 7.91. The van der Waals surface area contributed by atoms with Gasteiger partial charge in [-0.15, -0.1) is 0 Å². The van der Waals surface area contributed by atoms with Gasteiger partial charge < -0.3 is 10.6 Å². The lowest BCUT2D eigenvalue weighted by atomic mass is 10.1. The number of hydrogen-bond donors (Lipinski definition) is 2. The maximum atomic E-state index is 13.5. The van der Waals surface area contributed by atoms with Crippen molar-refractivity contribution in [2.24, 2.45) is 0 Å². The molecule has 35 heavy (non-hydrogen) atoms. The van der Waals surface area contributed by atoms with Crippen LogP contribution < -0.4 is 10.6 Å². The van der Waals surface area contributed by atoms with Gasteiger partial charge in [-0.25, -0.2) is 18.1 Å². The summed E-state index contributed by atoms with van der Waals surface area (Å²) in [5, 5.41) is 11.2. The Morgan fingerprint density at radius 3 is 2.54 bits per heavy atom. The third-order valence-electron chi connectivity index (χ3n) is 6.95. The molecule has 6 rings (SSSR count). The molecule has 1 aliphatic heterocycles. The fraction of sp³-hybridized carbons (Fsp3) is 0.440. The predicted molar refractivity (Wildman–Crippen MR) is 131 cm³/mol. The maximum Gasteiger partial charge on any atom is 0.256 e. The molecule has 9 nitrogen and oxygen atoms in total. The average Bonchev–Trinajstić information content (AvgIpc) is 3.75. The molecular formula is C25H27N5O4S. The van der Waals surface area contributed by atoms with Crippen molar-refractivity contribution in [2.75, 3.05) is 16.8 Å². The zero-order valence-corrected chi connectivity index (χ0v) is 20.3. The van der Waals surface area contributed by atoms with Gasteiger partial charge in [0.1, 0.15) is 0 Å². The molecule has 3 fully saturated rings. The minimum absolute atomic E-state index is 0.0375. The molecule has 3 heterocycles. The van der Waals surface area contributed by atoms with Crippen LogP contribution in [0.25, 0.3) is 11.0 Å². The monoisotopic (exact) mass is 493 g/mol. The van der Waals surface area contributed by atoms with Crippen LogP contribution >= 0.6 is 0 Å². The van der Waals surface area contributed by atoms with E-state index in [-0.39, 0.29) is 35.4 Å². The number of benzene rings is 1. The summed E-state index contributed by atoms with van der Waals surface area (Å²) in [5.41, 5.74) is 3.54. The van der Waals surface area contributed by atoms with E-state index in [1.165, 1.54) is 0 Å². The Morgan fingerprint density at radius 2 is 1.86 bits per heavy atom. The summed E-state index contributed by atoms with van der Waals surface area (Å²) in [4.78, 5) is 30.8. The van der Waals surface area contributed by atoms with Gasteiger partial charge in [0.15, 0.2) is 15.5 Å². The largest absolute Gasteiger partial charge is 0.349 e. The van der Waals surface area contributed by atoms with E-state index in [0.29, 0.717) is 45.9 Å². The number of nitrogens with zero attached hydrogens (tertiary/aromatic N) is 3. The number of fused-ring (bicyclic) bond motifs is 1. The fourth-order valence-corrected chi connectivity index (χ4v) is 6.45. The van der Waals surface area contributed by atoms with Gasteiger partial charge in [-0.3, -0.25) is 9.59 Å². The third kappa shape index (κ3) is 4.42. The smallest absolute Gasteiger partial charge is 0.256 e. The van der Waals surface area contributed by atoms with Crippen LogP contribution in [0.2, 0.25) is 0 Å². The molecule has 182 valence electrons. The van der Waals surface area contributed by atoms with Crippen LogP contribution in [0.1, 0.15) is 76.2 Å². The summed E-state index contributed by atoms with van der Waals surface area (Å²) in [7, 11) is -3.10. The second-order valence-corrected chi connectivity index (χ2v) is 12.2. The van der Waals surface area contributed by atoms with E-state index in [1.54, 1.807) is 28.9 Å². The molecule has 1 atom stereocenters. The van der Waals surface area contributed by atoms with E-state index < -0.39 is 9.84 Å². The number of amides is 2. The Labute approximate surface area is 203 Å². The van der Waals surface area contributed by atoms with Crippen molar-refractivity contribution in [1.82, 2.24) is 20.1 Å². The molecule has 0 spiro atoms. The zero-order valence-electron chi connectivity index (χ0n) is 19.5. The highest BCUT2D eigenvalue weighted by Gasteiger charge is 2.34. The molecule has 0 bridgehead atoms. The van der Waals surface area contributed by atoms with Gasteiger partial charge in [-0.05, 0) is 63.3 Å². The van der Waals surface area contributed by atoms with Crippen LogP contribution in [0.4, 0.5) is 5.69 Å². The molecule has 2 aromatic heterocycles. The summed E-state index contributed by atoms with van der Waals surface area (Å²) >= 11 is 0. The van der Waals surface area contributed by atoms with Crippen LogP contribution in [0.5, 0.6) is 0 Å². The second-order valence-electron chi connectivity index (χ2n) is 9.94. The molecule has 2 saturated carbocycles. The Balaban J connectivity index is 1.35. The van der Waals surface area contributed by atoms with E-state index in [4.69, 9.17) is 4.98 Å². The van der Waals surface area contributed by atoms with E-state index in [2.05, 4.69) is 15.7 Å². The average molecular weight is 494 g/mol. The number of carbonyl (C=O) groups excluding carboxylic acids is 2. The van der Waals surface area contributed by atoms with Crippen LogP contribution in [0.3, 0.4) is 0 Å². The van der Waals surface area contributed by atoms with Crippen molar-refractivity contribution in [3.8, 4) is 0 Å². The quantitative estimate of drug-likeness (QED) is 0.544. The van der Waals surface area contributed by atoms with Gasteiger partial charge in [0, 0.05) is 28.9 Å². The standard InChI is InChI=1S/C25H27N5O4S/c1-14-22-20(25(32)27-18-4-2-3-16(11-18)24(31)26-17-7-8-17)12-21(15-5-6-15)28-23(22)30(29-14)19-9-10-35(33,34)13-19/h2-4,11-12,15,17,19H,5-10,13H2,1H3,(H,26,31)(H,27,32)/t19-/m1/s1. The topological polar surface area (TPSA) is 123 Å². The third-order valence-corrected chi connectivity index (χ3v) is 8.70. The summed E-state index contributed by atoms with van der Waals surface area (Å²) in [6.45, 7) is 1.82. The molecule has 2 aliphatic carbocycles. The first kappa shape index (κ1) is 22.2. The van der Waals surface area contributed by atoms with Gasteiger partial charge in [0.2, 0.25) is 0 Å². The number of hydrogen-bond acceptors (Lipinski definition) is 6. The molecule has 10 heteroatoms. The summed E-state index contributed by atoms with van der Waals surface area (Å²) < 4.78 is 25.9. The maximum absolute atomic E-state index is 13.5. The molecule has 1 saturated heterocycles. The van der Waals surface area contributed by atoms with Crippen LogP contribution in [-0.4, -0.2) is 52.5 Å². The molecular weight excluding hydrogens is 466 g/mol. The Kier molecular flexibility index (Phi) is 5.17. The van der Waals surface area contributed by atoms with Gasteiger partial charge in [0.05, 0.1) is 34.2 Å². The van der Waals surface area contributed by atoms with Crippen molar-refractivity contribution in [3.05, 3.63) is 52.8 Å². The molecule has 2 amide bonds. The van der Waals surface area contributed by atoms with Crippen molar-refractivity contribution in [2.45, 2.75) is 57.0 Å². The highest BCUT2D eigenvalue weighted by atomic mass is 32.2. The van der Waals surface area contributed by atoms with Crippen LogP contribution in [-0.2, 0) is 9.84 Å². The number of sulfone groups is 1. The minimum Gasteiger partial charge on any atom is -0.349 e. The first-order chi connectivity index (χ1) is 16.8. The van der Waals surface area contributed by atoms with Crippen molar-refractivity contribution in [3.63, 3.8) is 0 Å². The molecule has 3 aliphatic rings. The van der Waals surface area contributed by atoms with E-state index in [9.17, 15) is 18.0 Å². The fourth-order valence-electron chi connectivity index (χ4n) is 4.76. The van der Waals surface area contributed by atoms with Crippen molar-refractivity contribution >= 4 is 38.4 Å². The van der Waals surface area contributed by atoms with Gasteiger partial charge >= 0.3 is 0 Å². The van der Waals surface area contributed by atoms with Crippen LogP contribution in [0.15, 0.2) is 30.3 Å². The number of anilines is 1. The van der Waals surface area contributed by atoms with E-state index >= 15 is 0 Å². The van der Waals surface area contributed by atoms with E-state index in [0.717, 1.165) is 31.4 Å². The van der Waals surface area contributed by atoms with Crippen molar-refractivity contribution in [1.29, 1.82) is 0 Å². The lowest BCUT2D eigenvalue weighted by Gasteiger charge is -2.12. The van der Waals surface area contributed by atoms with Gasteiger partial charge in [-0.1, -0.05) is 6.07 Å². The number of aryl methyl sites for hydroxylation is 1. The molecule has 0 radical (unpaired) electrons. The Hall–Kier alpha value is -3.27. The number of rotatable bonds is 6. The normalized spacial score (nSPS) is 21.2. The SMILES string of the molecule is Cc1nn([C@@H]2CCS(=O)(=O)C2)c2nc(C3CC3)cc(C(=O)Nc3cccc(C(=O)NC4CC4)c3)c12. The van der Waals surface area contributed by atoms with Gasteiger partial charge in [-0.2, -0.15) is 5.10 Å². The highest BCUT2D eigenvalue weighted by Crippen LogP contribution is 2.41. The zero-order chi connectivity index (χ0) is 24.3. The molecule has 2 N–H and O–H groups in total. The van der Waals surface area contributed by atoms with E-state index in [1.807, 2.05) is 13.0 Å². The van der Waals surface area contributed by atoms with Crippen LogP contribution in [0, 0.1) is 6.92 Å². The second kappa shape index (κ2) is 8.15. The lowest BCUT2D eigenvalue weighted by Crippen LogP contribution is -2.25.